The summed E-state index contributed by atoms with van der Waals surface area (Å²) in [4.78, 5) is 24.0. The maximum Gasteiger partial charge on any atom is 0.243 e. The Morgan fingerprint density at radius 1 is 1.16 bits per heavy atom. The van der Waals surface area contributed by atoms with Crippen molar-refractivity contribution in [1.82, 2.24) is 9.62 Å². The van der Waals surface area contributed by atoms with Crippen molar-refractivity contribution in [2.24, 2.45) is 0 Å². The largest absolute Gasteiger partial charge is 0.350 e. The van der Waals surface area contributed by atoms with Crippen molar-refractivity contribution in [2.45, 2.75) is 49.6 Å². The summed E-state index contributed by atoms with van der Waals surface area (Å²) >= 11 is 0. The fourth-order valence-electron chi connectivity index (χ4n) is 3.89. The maximum absolute atomic E-state index is 13.2. The van der Waals surface area contributed by atoms with E-state index in [1.54, 1.807) is 12.1 Å². The number of aryl methyl sites for hydroxylation is 1. The first kappa shape index (κ1) is 23.7. The van der Waals surface area contributed by atoms with Gasteiger partial charge in [-0.3, -0.25) is 9.59 Å². The summed E-state index contributed by atoms with van der Waals surface area (Å²) < 4.78 is 27.9. The van der Waals surface area contributed by atoms with Gasteiger partial charge >= 0.3 is 0 Å². The molecular weight excluding hydrogens is 426 g/mol. The van der Waals surface area contributed by atoms with Crippen LogP contribution in [-0.2, 0) is 26.0 Å². The van der Waals surface area contributed by atoms with Crippen LogP contribution in [0, 0.1) is 0 Å². The molecule has 0 spiro atoms. The molecule has 0 bridgehead atoms. The molecule has 2 unspecified atom stereocenters. The first-order valence-electron chi connectivity index (χ1n) is 10.7. The Morgan fingerprint density at radius 2 is 1.91 bits per heavy atom. The number of rotatable bonds is 8. The average molecular weight is 456 g/mol. The highest BCUT2D eigenvalue weighted by Crippen LogP contribution is 2.27. The highest BCUT2D eigenvalue weighted by atomic mass is 32.2. The molecule has 0 saturated carbocycles. The molecule has 1 heterocycles. The molecule has 32 heavy (non-hydrogen) atoms. The molecule has 2 aromatic carbocycles. The molecule has 0 aromatic heterocycles. The molecule has 1 aliphatic heterocycles. The van der Waals surface area contributed by atoms with E-state index < -0.39 is 10.0 Å². The maximum atomic E-state index is 13.2. The van der Waals surface area contributed by atoms with Crippen LogP contribution in [0.5, 0.6) is 0 Å². The minimum atomic E-state index is -3.73. The number of piperidine rings is 1. The van der Waals surface area contributed by atoms with Crippen LogP contribution in [0.1, 0.15) is 31.7 Å². The minimum Gasteiger partial charge on any atom is -0.350 e. The summed E-state index contributed by atoms with van der Waals surface area (Å²) in [5.41, 5.74) is 1.52. The zero-order valence-electron chi connectivity index (χ0n) is 18.2. The second-order valence-electron chi connectivity index (χ2n) is 7.96. The van der Waals surface area contributed by atoms with Crippen molar-refractivity contribution in [3.05, 3.63) is 72.8 Å². The van der Waals surface area contributed by atoms with E-state index in [-0.39, 0.29) is 28.8 Å². The smallest absolute Gasteiger partial charge is 0.243 e. The number of sulfonamides is 1. The Morgan fingerprint density at radius 3 is 2.59 bits per heavy atom. The molecule has 170 valence electrons. The summed E-state index contributed by atoms with van der Waals surface area (Å²) in [6, 6.07) is 15.7. The zero-order valence-corrected chi connectivity index (χ0v) is 19.0. The number of nitrogens with one attached hydrogen (secondary N) is 2. The van der Waals surface area contributed by atoms with Gasteiger partial charge in [0.05, 0.1) is 4.90 Å². The van der Waals surface area contributed by atoms with Gasteiger partial charge in [0.2, 0.25) is 21.8 Å². The van der Waals surface area contributed by atoms with E-state index in [1.807, 2.05) is 37.3 Å². The van der Waals surface area contributed by atoms with Gasteiger partial charge < -0.3 is 10.6 Å². The quantitative estimate of drug-likeness (QED) is 0.598. The fourth-order valence-corrected chi connectivity index (χ4v) is 5.60. The molecule has 1 saturated heterocycles. The van der Waals surface area contributed by atoms with Gasteiger partial charge in [-0.1, -0.05) is 43.0 Å². The lowest BCUT2D eigenvalue weighted by Crippen LogP contribution is -2.50. The van der Waals surface area contributed by atoms with E-state index in [0.717, 1.165) is 5.56 Å². The number of carbonyl (C=O) groups is 2. The van der Waals surface area contributed by atoms with Crippen LogP contribution >= 0.6 is 0 Å². The number of anilines is 1. The summed E-state index contributed by atoms with van der Waals surface area (Å²) in [5.74, 6) is -0.426. The van der Waals surface area contributed by atoms with Crippen molar-refractivity contribution in [3.63, 3.8) is 0 Å². The van der Waals surface area contributed by atoms with E-state index in [4.69, 9.17) is 0 Å². The molecule has 8 heteroatoms. The Hall–Kier alpha value is -2.97. The zero-order chi connectivity index (χ0) is 23.1. The molecular formula is C24H29N3O4S. The van der Waals surface area contributed by atoms with Crippen molar-refractivity contribution < 1.29 is 18.0 Å². The minimum absolute atomic E-state index is 0.0859. The predicted octanol–water partition coefficient (Wildman–Crippen LogP) is 3.10. The summed E-state index contributed by atoms with van der Waals surface area (Å²) in [6.45, 7) is 5.58. The van der Waals surface area contributed by atoms with Crippen LogP contribution in [-0.4, -0.2) is 43.2 Å². The van der Waals surface area contributed by atoms with Gasteiger partial charge in [0, 0.05) is 30.7 Å². The summed E-state index contributed by atoms with van der Waals surface area (Å²) in [7, 11) is -3.73. The number of nitrogens with zero attached hydrogens (tertiary/aromatic N) is 1. The lowest BCUT2D eigenvalue weighted by Gasteiger charge is -2.36. The molecule has 2 amide bonds. The van der Waals surface area contributed by atoms with Gasteiger partial charge in [-0.15, -0.1) is 0 Å². The van der Waals surface area contributed by atoms with Crippen LogP contribution in [0.4, 0.5) is 5.69 Å². The second-order valence-corrected chi connectivity index (χ2v) is 9.85. The van der Waals surface area contributed by atoms with E-state index in [1.165, 1.54) is 22.5 Å². The molecule has 0 aliphatic carbocycles. The number of benzene rings is 2. The molecule has 1 aliphatic rings. The monoisotopic (exact) mass is 455 g/mol. The molecule has 3 rings (SSSR count). The Labute approximate surface area is 189 Å². The number of hydrogen-bond acceptors (Lipinski definition) is 4. The van der Waals surface area contributed by atoms with Gasteiger partial charge in [0.1, 0.15) is 0 Å². The first-order valence-corrected chi connectivity index (χ1v) is 12.1. The van der Waals surface area contributed by atoms with Crippen LogP contribution < -0.4 is 10.6 Å². The van der Waals surface area contributed by atoms with Gasteiger partial charge in [-0.05, 0) is 56.0 Å². The molecule has 0 radical (unpaired) electrons. The van der Waals surface area contributed by atoms with E-state index in [2.05, 4.69) is 17.2 Å². The van der Waals surface area contributed by atoms with Crippen molar-refractivity contribution in [1.29, 1.82) is 0 Å². The second kappa shape index (κ2) is 10.6. The third-order valence-corrected chi connectivity index (χ3v) is 7.56. The van der Waals surface area contributed by atoms with Crippen molar-refractivity contribution in [2.75, 3.05) is 11.9 Å². The van der Waals surface area contributed by atoms with E-state index >= 15 is 0 Å². The first-order chi connectivity index (χ1) is 15.3. The Balaban J connectivity index is 1.63. The average Bonchev–Trinajstić information content (AvgIpc) is 2.78. The summed E-state index contributed by atoms with van der Waals surface area (Å²) in [5, 5.41) is 5.63. The van der Waals surface area contributed by atoms with Gasteiger partial charge in [-0.2, -0.15) is 4.31 Å². The molecule has 7 nitrogen and oxygen atoms in total. The normalized spacial score (nSPS) is 19.2. The van der Waals surface area contributed by atoms with Crippen LogP contribution in [0.3, 0.4) is 0 Å². The van der Waals surface area contributed by atoms with E-state index in [0.29, 0.717) is 37.9 Å². The number of carbonyl (C=O) groups excluding carboxylic acids is 2. The van der Waals surface area contributed by atoms with Gasteiger partial charge in [0.25, 0.3) is 0 Å². The third kappa shape index (κ3) is 6.05. The highest BCUT2D eigenvalue weighted by Gasteiger charge is 2.35. The lowest BCUT2D eigenvalue weighted by atomic mass is 10.0. The third-order valence-electron chi connectivity index (χ3n) is 5.55. The molecule has 2 atom stereocenters. The van der Waals surface area contributed by atoms with Gasteiger partial charge in [-0.25, -0.2) is 8.42 Å². The van der Waals surface area contributed by atoms with Crippen molar-refractivity contribution in [3.8, 4) is 0 Å². The van der Waals surface area contributed by atoms with E-state index in [9.17, 15) is 18.0 Å². The Kier molecular flexibility index (Phi) is 7.82. The topological polar surface area (TPSA) is 95.6 Å². The number of hydrogen-bond donors (Lipinski definition) is 2. The Bertz CT molecular complexity index is 1070. The highest BCUT2D eigenvalue weighted by molar-refractivity contribution is 7.89. The summed E-state index contributed by atoms with van der Waals surface area (Å²) in [6.07, 6.45) is 3.18. The standard InChI is InChI=1S/C24H29N3O4S/c1-3-23(28)25-21-14-15-27(18(2)16-21)32(30,31)22-11-7-10-20(17-22)26-24(29)13-12-19-8-5-4-6-9-19/h3-11,17-18,21H,1,12-16H2,2H3,(H,25,28)(H,26,29). The molecule has 1 fully saturated rings. The SMILES string of the molecule is C=CC(=O)NC1CCN(S(=O)(=O)c2cccc(NC(=O)CCc3ccccc3)c2)C(C)C1. The van der Waals surface area contributed by atoms with Crippen LogP contribution in [0.25, 0.3) is 0 Å². The predicted molar refractivity (Wildman–Crippen MR) is 125 cm³/mol. The fraction of sp³-hybridized carbons (Fsp3) is 0.333. The lowest BCUT2D eigenvalue weighted by molar-refractivity contribution is -0.117. The molecule has 2 aromatic rings. The number of amides is 2. The van der Waals surface area contributed by atoms with Crippen LogP contribution in [0.2, 0.25) is 0 Å². The van der Waals surface area contributed by atoms with Gasteiger partial charge in [0.15, 0.2) is 0 Å². The van der Waals surface area contributed by atoms with Crippen LogP contribution in [0.15, 0.2) is 72.1 Å². The van der Waals surface area contributed by atoms with Crippen molar-refractivity contribution >= 4 is 27.5 Å². The molecule has 2 N–H and O–H groups in total.